The lowest BCUT2D eigenvalue weighted by Crippen LogP contribution is -2.51. The number of carbonyl (C=O) groups excluding carboxylic acids is 2. The largest absolute Gasteiger partial charge is 0.350 e. The summed E-state index contributed by atoms with van der Waals surface area (Å²) in [6.45, 7) is 4.45. The van der Waals surface area contributed by atoms with E-state index in [9.17, 15) is 9.59 Å². The Labute approximate surface area is 93.2 Å². The summed E-state index contributed by atoms with van der Waals surface area (Å²) in [6.07, 6.45) is 3.52. The second kappa shape index (κ2) is 3.96. The fourth-order valence-electron chi connectivity index (χ4n) is 1.59. The second-order valence-electron chi connectivity index (χ2n) is 4.10. The van der Waals surface area contributed by atoms with Gasteiger partial charge >= 0.3 is 0 Å². The number of aromatic nitrogens is 2. The molecule has 0 atom stereocenters. The number of anilines is 1. The number of nitrogens with zero attached hydrogens (tertiary/aromatic N) is 3. The van der Waals surface area contributed by atoms with E-state index in [-0.39, 0.29) is 30.9 Å². The predicted octanol–water partition coefficient (Wildman–Crippen LogP) is -0.0732. The molecule has 1 aliphatic rings. The molecule has 1 saturated heterocycles. The van der Waals surface area contributed by atoms with Gasteiger partial charge in [-0.15, -0.1) is 0 Å². The number of rotatable bonds is 2. The minimum absolute atomic E-state index is 0.204. The van der Waals surface area contributed by atoms with Crippen molar-refractivity contribution in [1.82, 2.24) is 15.1 Å². The number of carbonyl (C=O) groups is 2. The van der Waals surface area contributed by atoms with E-state index in [0.29, 0.717) is 0 Å². The van der Waals surface area contributed by atoms with Crippen LogP contribution in [0.4, 0.5) is 5.69 Å². The third-order valence-electron chi connectivity index (χ3n) is 2.43. The fraction of sp³-hybridized carbons (Fsp3) is 0.500. The molecule has 2 heterocycles. The average Bonchev–Trinajstić information content (AvgIpc) is 2.64. The maximum absolute atomic E-state index is 11.2. The van der Waals surface area contributed by atoms with Gasteiger partial charge in [-0.05, 0) is 13.8 Å². The summed E-state index contributed by atoms with van der Waals surface area (Å²) >= 11 is 0. The molecule has 0 unspecified atom stereocenters. The van der Waals surface area contributed by atoms with Crippen LogP contribution < -0.4 is 10.2 Å². The Bertz CT molecular complexity index is 408. The maximum Gasteiger partial charge on any atom is 0.246 e. The zero-order valence-electron chi connectivity index (χ0n) is 9.30. The van der Waals surface area contributed by atoms with Gasteiger partial charge in [-0.1, -0.05) is 0 Å². The summed E-state index contributed by atoms with van der Waals surface area (Å²) in [6, 6.07) is 0.267. The van der Waals surface area contributed by atoms with Gasteiger partial charge in [0.15, 0.2) is 0 Å². The summed E-state index contributed by atoms with van der Waals surface area (Å²) in [5, 5.41) is 6.43. The van der Waals surface area contributed by atoms with Crippen LogP contribution in [-0.4, -0.2) is 34.7 Å². The van der Waals surface area contributed by atoms with Crippen molar-refractivity contribution in [3.8, 4) is 0 Å². The van der Waals surface area contributed by atoms with Crippen LogP contribution in [0.15, 0.2) is 12.4 Å². The first-order valence-corrected chi connectivity index (χ1v) is 5.18. The lowest BCUT2D eigenvalue weighted by Gasteiger charge is -2.25. The lowest BCUT2D eigenvalue weighted by molar-refractivity contribution is -0.130. The van der Waals surface area contributed by atoms with Gasteiger partial charge in [-0.3, -0.25) is 19.6 Å². The summed E-state index contributed by atoms with van der Waals surface area (Å²) in [7, 11) is 0. The van der Waals surface area contributed by atoms with Gasteiger partial charge in [0.2, 0.25) is 11.8 Å². The summed E-state index contributed by atoms with van der Waals surface area (Å²) in [5.74, 6) is -0.540. The standard InChI is InChI=1S/C10H14N4O2/c1-7(2)14-4-8(3-11-14)13-5-9(15)12-10(16)6-13/h3-4,7H,5-6H2,1-2H3,(H,12,15,16). The number of hydrogen-bond donors (Lipinski definition) is 1. The molecule has 0 saturated carbocycles. The van der Waals surface area contributed by atoms with Gasteiger partial charge in [0.05, 0.1) is 25.0 Å². The van der Waals surface area contributed by atoms with Gasteiger partial charge < -0.3 is 4.90 Å². The SMILES string of the molecule is CC(C)n1cc(N2CC(=O)NC(=O)C2)cn1. The summed E-state index contributed by atoms with van der Waals surface area (Å²) in [4.78, 5) is 24.1. The van der Waals surface area contributed by atoms with Crippen molar-refractivity contribution in [2.45, 2.75) is 19.9 Å². The minimum atomic E-state index is -0.270. The highest BCUT2D eigenvalue weighted by atomic mass is 16.2. The molecule has 1 aromatic heterocycles. The van der Waals surface area contributed by atoms with Crippen molar-refractivity contribution >= 4 is 17.5 Å². The monoisotopic (exact) mass is 222 g/mol. The Balaban J connectivity index is 2.16. The van der Waals surface area contributed by atoms with Gasteiger partial charge in [0, 0.05) is 12.2 Å². The number of piperazine rings is 1. The maximum atomic E-state index is 11.2. The number of nitrogens with one attached hydrogen (secondary N) is 1. The van der Waals surface area contributed by atoms with E-state index in [0.717, 1.165) is 5.69 Å². The van der Waals surface area contributed by atoms with Crippen molar-refractivity contribution < 1.29 is 9.59 Å². The third kappa shape index (κ3) is 2.05. The molecule has 1 aliphatic heterocycles. The molecule has 2 amide bonds. The van der Waals surface area contributed by atoms with Crippen LogP contribution in [0.1, 0.15) is 19.9 Å². The molecule has 0 bridgehead atoms. The Morgan fingerprint density at radius 2 is 1.94 bits per heavy atom. The van der Waals surface area contributed by atoms with Crippen LogP contribution >= 0.6 is 0 Å². The van der Waals surface area contributed by atoms with E-state index in [2.05, 4.69) is 10.4 Å². The predicted molar refractivity (Wildman–Crippen MR) is 58.0 cm³/mol. The Hall–Kier alpha value is -1.85. The van der Waals surface area contributed by atoms with Crippen LogP contribution in [0, 0.1) is 0 Å². The van der Waals surface area contributed by atoms with Gasteiger partial charge in [0.1, 0.15) is 0 Å². The lowest BCUT2D eigenvalue weighted by atomic mass is 10.3. The highest BCUT2D eigenvalue weighted by molar-refractivity contribution is 6.02. The molecule has 0 radical (unpaired) electrons. The first-order chi connectivity index (χ1) is 7.56. The molecule has 0 spiro atoms. The van der Waals surface area contributed by atoms with Crippen molar-refractivity contribution in [3.63, 3.8) is 0 Å². The molecule has 6 nitrogen and oxygen atoms in total. The van der Waals surface area contributed by atoms with Crippen molar-refractivity contribution in [1.29, 1.82) is 0 Å². The average molecular weight is 222 g/mol. The topological polar surface area (TPSA) is 67.2 Å². The smallest absolute Gasteiger partial charge is 0.246 e. The van der Waals surface area contributed by atoms with E-state index in [1.54, 1.807) is 15.8 Å². The Kier molecular flexibility index (Phi) is 2.64. The molecule has 86 valence electrons. The van der Waals surface area contributed by atoms with Crippen molar-refractivity contribution in [2.24, 2.45) is 0 Å². The van der Waals surface area contributed by atoms with Crippen LogP contribution in [-0.2, 0) is 9.59 Å². The summed E-state index contributed by atoms with van der Waals surface area (Å²) in [5.41, 5.74) is 0.803. The third-order valence-corrected chi connectivity index (χ3v) is 2.43. The van der Waals surface area contributed by atoms with E-state index in [1.807, 2.05) is 20.0 Å². The normalized spacial score (nSPS) is 16.8. The molecule has 1 fully saturated rings. The fourth-order valence-corrected chi connectivity index (χ4v) is 1.59. The van der Waals surface area contributed by atoms with E-state index < -0.39 is 0 Å². The molecular formula is C10H14N4O2. The molecule has 6 heteroatoms. The molecule has 1 N–H and O–H groups in total. The van der Waals surface area contributed by atoms with Crippen molar-refractivity contribution in [2.75, 3.05) is 18.0 Å². The minimum Gasteiger partial charge on any atom is -0.350 e. The zero-order chi connectivity index (χ0) is 11.7. The Morgan fingerprint density at radius 3 is 2.44 bits per heavy atom. The highest BCUT2D eigenvalue weighted by Gasteiger charge is 2.23. The first-order valence-electron chi connectivity index (χ1n) is 5.18. The number of hydrogen-bond acceptors (Lipinski definition) is 4. The molecule has 16 heavy (non-hydrogen) atoms. The molecule has 1 aromatic rings. The van der Waals surface area contributed by atoms with E-state index in [4.69, 9.17) is 0 Å². The first kappa shape index (κ1) is 10.7. The van der Waals surface area contributed by atoms with Gasteiger partial charge in [-0.2, -0.15) is 5.10 Å². The van der Waals surface area contributed by atoms with Crippen LogP contribution in [0.5, 0.6) is 0 Å². The molecular weight excluding hydrogens is 208 g/mol. The number of amides is 2. The van der Waals surface area contributed by atoms with Crippen LogP contribution in [0.3, 0.4) is 0 Å². The van der Waals surface area contributed by atoms with Crippen LogP contribution in [0.2, 0.25) is 0 Å². The van der Waals surface area contributed by atoms with Gasteiger partial charge in [-0.25, -0.2) is 0 Å². The molecule has 0 aromatic carbocycles. The van der Waals surface area contributed by atoms with E-state index >= 15 is 0 Å². The quantitative estimate of drug-likeness (QED) is 0.711. The van der Waals surface area contributed by atoms with Crippen molar-refractivity contribution in [3.05, 3.63) is 12.4 Å². The molecule has 0 aliphatic carbocycles. The number of imide groups is 1. The zero-order valence-corrected chi connectivity index (χ0v) is 9.30. The summed E-state index contributed by atoms with van der Waals surface area (Å²) < 4.78 is 1.80. The molecule has 2 rings (SSSR count). The second-order valence-corrected chi connectivity index (χ2v) is 4.10. The van der Waals surface area contributed by atoms with E-state index in [1.165, 1.54) is 0 Å². The highest BCUT2D eigenvalue weighted by Crippen LogP contribution is 2.16. The van der Waals surface area contributed by atoms with Crippen LogP contribution in [0.25, 0.3) is 0 Å². The van der Waals surface area contributed by atoms with Gasteiger partial charge in [0.25, 0.3) is 0 Å². The Morgan fingerprint density at radius 1 is 1.31 bits per heavy atom.